The number of rotatable bonds is 1. The van der Waals surface area contributed by atoms with E-state index in [1.54, 1.807) is 0 Å². The topological polar surface area (TPSA) is 54.4 Å². The summed E-state index contributed by atoms with van der Waals surface area (Å²) < 4.78 is 0. The smallest absolute Gasteiger partial charge is 0.310 e. The Morgan fingerprint density at radius 2 is 1.64 bits per heavy atom. The van der Waals surface area contributed by atoms with E-state index < -0.39 is 11.4 Å². The molecule has 0 spiro atoms. The Labute approximate surface area is 201 Å². The van der Waals surface area contributed by atoms with Crippen LogP contribution in [0.25, 0.3) is 0 Å². The van der Waals surface area contributed by atoms with Gasteiger partial charge in [0.2, 0.25) is 0 Å². The van der Waals surface area contributed by atoms with Crippen LogP contribution in [0.1, 0.15) is 106 Å². The summed E-state index contributed by atoms with van der Waals surface area (Å²) in [7, 11) is 0. The zero-order valence-electron chi connectivity index (χ0n) is 22.1. The molecule has 33 heavy (non-hydrogen) atoms. The standard InChI is InChI=1S/C30H46O3/c1-18-10-15-30(25(32)33)17-16-28(6)20(24(30)19(18)2)8-9-22-27(5)13-12-23(31)26(3,4)21(27)11-14-29(22,28)7/h8,18-19,21-22,24H,9-17H2,1-7H3,(H,32,33)/t18-,19+,21+,22-,24+,27+,28+,29+,30-/m1/s1. The molecule has 0 unspecified atom stereocenters. The fourth-order valence-electron chi connectivity index (χ4n) is 10.7. The lowest BCUT2D eigenvalue weighted by Gasteiger charge is -2.70. The van der Waals surface area contributed by atoms with Gasteiger partial charge in [-0.1, -0.05) is 60.1 Å². The summed E-state index contributed by atoms with van der Waals surface area (Å²) in [6, 6.07) is 0. The van der Waals surface area contributed by atoms with Gasteiger partial charge in [0.25, 0.3) is 0 Å². The van der Waals surface area contributed by atoms with Crippen LogP contribution in [0.3, 0.4) is 0 Å². The van der Waals surface area contributed by atoms with Crippen LogP contribution < -0.4 is 0 Å². The van der Waals surface area contributed by atoms with Crippen molar-refractivity contribution in [1.29, 1.82) is 0 Å². The van der Waals surface area contributed by atoms with Crippen molar-refractivity contribution in [3.05, 3.63) is 11.6 Å². The van der Waals surface area contributed by atoms with Crippen LogP contribution in [0.15, 0.2) is 11.6 Å². The van der Waals surface area contributed by atoms with E-state index in [0.29, 0.717) is 29.5 Å². The number of hydrogen-bond donors (Lipinski definition) is 1. The fourth-order valence-corrected chi connectivity index (χ4v) is 10.7. The van der Waals surface area contributed by atoms with Crippen LogP contribution in [0, 0.1) is 56.7 Å². The molecule has 9 atom stereocenters. The Kier molecular flexibility index (Phi) is 4.99. The molecule has 0 bridgehead atoms. The van der Waals surface area contributed by atoms with Crippen LogP contribution in [-0.2, 0) is 9.59 Å². The molecule has 5 aliphatic rings. The molecule has 4 fully saturated rings. The molecule has 1 N–H and O–H groups in total. The Morgan fingerprint density at radius 3 is 2.30 bits per heavy atom. The van der Waals surface area contributed by atoms with Gasteiger partial charge >= 0.3 is 5.97 Å². The number of allylic oxidation sites excluding steroid dienone is 2. The Balaban J connectivity index is 1.62. The first-order valence-corrected chi connectivity index (χ1v) is 13.7. The first-order valence-electron chi connectivity index (χ1n) is 13.7. The van der Waals surface area contributed by atoms with Gasteiger partial charge in [0.05, 0.1) is 5.41 Å². The second kappa shape index (κ2) is 6.97. The highest BCUT2D eigenvalue weighted by Crippen LogP contribution is 2.75. The molecule has 0 radical (unpaired) electrons. The molecule has 5 rings (SSSR count). The van der Waals surface area contributed by atoms with Crippen molar-refractivity contribution < 1.29 is 14.7 Å². The summed E-state index contributed by atoms with van der Waals surface area (Å²) in [6.07, 6.45) is 11.3. The van der Waals surface area contributed by atoms with Gasteiger partial charge in [-0.2, -0.15) is 0 Å². The molecule has 0 aliphatic heterocycles. The molecule has 3 nitrogen and oxygen atoms in total. The normalized spacial score (nSPS) is 53.1. The van der Waals surface area contributed by atoms with E-state index in [1.807, 2.05) is 0 Å². The van der Waals surface area contributed by atoms with Gasteiger partial charge in [-0.05, 0) is 97.2 Å². The number of carboxylic acid groups (broad SMARTS) is 1. The molecule has 5 aliphatic carbocycles. The summed E-state index contributed by atoms with van der Waals surface area (Å²) in [4.78, 5) is 25.7. The predicted molar refractivity (Wildman–Crippen MR) is 132 cm³/mol. The molecular weight excluding hydrogens is 408 g/mol. The van der Waals surface area contributed by atoms with Crippen molar-refractivity contribution in [1.82, 2.24) is 0 Å². The van der Waals surface area contributed by atoms with Crippen molar-refractivity contribution in [2.45, 2.75) is 106 Å². The number of carboxylic acids is 1. The Hall–Kier alpha value is -1.12. The van der Waals surface area contributed by atoms with Gasteiger partial charge in [-0.15, -0.1) is 0 Å². The van der Waals surface area contributed by atoms with Crippen molar-refractivity contribution in [2.75, 3.05) is 0 Å². The van der Waals surface area contributed by atoms with Crippen molar-refractivity contribution >= 4 is 11.8 Å². The largest absolute Gasteiger partial charge is 0.481 e. The van der Waals surface area contributed by atoms with E-state index in [2.05, 4.69) is 54.5 Å². The summed E-state index contributed by atoms with van der Waals surface area (Å²) in [5.74, 6) is 2.10. The number of aliphatic carboxylic acids is 1. The lowest BCUT2D eigenvalue weighted by molar-refractivity contribution is -0.190. The van der Waals surface area contributed by atoms with Crippen molar-refractivity contribution in [3.8, 4) is 0 Å². The SMILES string of the molecule is C[C@H]1[C@H](C)CC[C@@]2(C(=O)O)CC[C@@]3(C)C(=CC[C@@H]4[C@@]5(C)CCC(=O)C(C)(C)[C@@H]5CC[C@@]43C)[C@H]12. The number of carbonyl (C=O) groups is 2. The quantitative estimate of drug-likeness (QED) is 0.423. The third-order valence-electron chi connectivity index (χ3n) is 13.2. The molecular formula is C30H46O3. The summed E-state index contributed by atoms with van der Waals surface area (Å²) >= 11 is 0. The molecule has 0 saturated heterocycles. The molecule has 184 valence electrons. The van der Waals surface area contributed by atoms with Crippen molar-refractivity contribution in [3.63, 3.8) is 0 Å². The summed E-state index contributed by atoms with van der Waals surface area (Å²) in [5.41, 5.74) is 1.12. The van der Waals surface area contributed by atoms with E-state index in [4.69, 9.17) is 0 Å². The second-order valence-corrected chi connectivity index (χ2v) is 14.3. The van der Waals surface area contributed by atoms with E-state index in [0.717, 1.165) is 51.4 Å². The van der Waals surface area contributed by atoms with Gasteiger partial charge in [0.15, 0.2) is 0 Å². The minimum Gasteiger partial charge on any atom is -0.481 e. The highest BCUT2D eigenvalue weighted by atomic mass is 16.4. The Bertz CT molecular complexity index is 916. The maximum absolute atomic E-state index is 12.9. The first-order chi connectivity index (χ1) is 15.3. The molecule has 3 heteroatoms. The van der Waals surface area contributed by atoms with Crippen LogP contribution in [0.4, 0.5) is 0 Å². The number of fused-ring (bicyclic) bond motifs is 7. The van der Waals surface area contributed by atoms with Gasteiger partial charge in [0.1, 0.15) is 5.78 Å². The van der Waals surface area contributed by atoms with Crippen LogP contribution in [0.2, 0.25) is 0 Å². The lowest BCUT2D eigenvalue weighted by Crippen LogP contribution is -2.65. The third-order valence-corrected chi connectivity index (χ3v) is 13.2. The molecule has 4 saturated carbocycles. The lowest BCUT2D eigenvalue weighted by atomic mass is 9.33. The van der Waals surface area contributed by atoms with E-state index in [1.165, 1.54) is 12.0 Å². The first kappa shape index (κ1) is 23.6. The van der Waals surface area contributed by atoms with Crippen LogP contribution >= 0.6 is 0 Å². The maximum Gasteiger partial charge on any atom is 0.310 e. The number of hydrogen-bond acceptors (Lipinski definition) is 2. The van der Waals surface area contributed by atoms with Crippen LogP contribution in [-0.4, -0.2) is 16.9 Å². The summed E-state index contributed by atoms with van der Waals surface area (Å²) in [6.45, 7) is 16.7. The minimum absolute atomic E-state index is 0.0600. The van der Waals surface area contributed by atoms with Gasteiger partial charge in [0, 0.05) is 11.8 Å². The van der Waals surface area contributed by atoms with E-state index in [9.17, 15) is 14.7 Å². The zero-order valence-corrected chi connectivity index (χ0v) is 22.1. The summed E-state index contributed by atoms with van der Waals surface area (Å²) in [5, 5.41) is 10.5. The maximum atomic E-state index is 12.9. The molecule has 0 aromatic rings. The average molecular weight is 455 g/mol. The predicted octanol–water partition coefficient (Wildman–Crippen LogP) is 7.30. The minimum atomic E-state index is -0.569. The van der Waals surface area contributed by atoms with Gasteiger partial charge in [-0.3, -0.25) is 9.59 Å². The van der Waals surface area contributed by atoms with E-state index >= 15 is 0 Å². The average Bonchev–Trinajstić information content (AvgIpc) is 2.74. The van der Waals surface area contributed by atoms with E-state index in [-0.39, 0.29) is 27.6 Å². The number of carbonyl (C=O) groups excluding carboxylic acids is 1. The van der Waals surface area contributed by atoms with Crippen molar-refractivity contribution in [2.24, 2.45) is 56.7 Å². The zero-order chi connectivity index (χ0) is 24.2. The molecule has 0 aromatic carbocycles. The van der Waals surface area contributed by atoms with Gasteiger partial charge in [-0.25, -0.2) is 0 Å². The molecule has 0 amide bonds. The highest BCUT2D eigenvalue weighted by molar-refractivity contribution is 5.85. The molecule has 0 heterocycles. The number of ketones is 1. The van der Waals surface area contributed by atoms with Crippen LogP contribution in [0.5, 0.6) is 0 Å². The number of Topliss-reactive ketones (excluding diaryl/α,β-unsaturated/α-hetero) is 1. The van der Waals surface area contributed by atoms with Gasteiger partial charge < -0.3 is 5.11 Å². The fraction of sp³-hybridized carbons (Fsp3) is 0.867. The third kappa shape index (κ3) is 2.69. The second-order valence-electron chi connectivity index (χ2n) is 14.3. The molecule has 0 aromatic heterocycles. The highest BCUT2D eigenvalue weighted by Gasteiger charge is 2.69. The Morgan fingerprint density at radius 1 is 0.939 bits per heavy atom. The monoisotopic (exact) mass is 454 g/mol.